The number of nitrogens with one attached hydrogen (secondary N) is 1. The molecule has 0 aliphatic carbocycles. The fraction of sp³-hybridized carbons (Fsp3) is 0. The lowest BCUT2D eigenvalue weighted by Crippen LogP contribution is -2.17. The Morgan fingerprint density at radius 2 is 1.62 bits per heavy atom. The predicted octanol–water partition coefficient (Wildman–Crippen LogP) is 3.83. The summed E-state index contributed by atoms with van der Waals surface area (Å²) in [7, 11) is 0. The van der Waals surface area contributed by atoms with Crippen molar-refractivity contribution < 1.29 is 4.79 Å². The zero-order valence-corrected chi connectivity index (χ0v) is 15.3. The Bertz CT molecular complexity index is 1290. The van der Waals surface area contributed by atoms with E-state index < -0.39 is 0 Å². The first-order valence-corrected chi connectivity index (χ1v) is 9.10. The SMILES string of the molecule is O=C(Nc1ccn2cc(-c3ccccc3)nc2n1)c1ccnn1-c1ccccc1. The van der Waals surface area contributed by atoms with E-state index in [2.05, 4.69) is 20.4 Å². The van der Waals surface area contributed by atoms with Crippen LogP contribution in [0, 0.1) is 0 Å². The number of imidazole rings is 1. The van der Waals surface area contributed by atoms with E-state index >= 15 is 0 Å². The molecule has 0 spiro atoms. The quantitative estimate of drug-likeness (QED) is 0.514. The minimum Gasteiger partial charge on any atom is -0.305 e. The van der Waals surface area contributed by atoms with Crippen molar-refractivity contribution in [3.8, 4) is 16.9 Å². The van der Waals surface area contributed by atoms with Crippen LogP contribution in [0.4, 0.5) is 5.82 Å². The number of hydrogen-bond donors (Lipinski definition) is 1. The van der Waals surface area contributed by atoms with Crippen molar-refractivity contribution in [3.63, 3.8) is 0 Å². The first-order valence-electron chi connectivity index (χ1n) is 9.10. The molecule has 140 valence electrons. The summed E-state index contributed by atoms with van der Waals surface area (Å²) < 4.78 is 3.42. The van der Waals surface area contributed by atoms with Gasteiger partial charge in [0.2, 0.25) is 5.78 Å². The molecule has 0 atom stereocenters. The van der Waals surface area contributed by atoms with E-state index in [9.17, 15) is 4.79 Å². The van der Waals surface area contributed by atoms with Crippen LogP contribution in [0.3, 0.4) is 0 Å². The van der Waals surface area contributed by atoms with Crippen LogP contribution in [0.15, 0.2) is 91.4 Å². The molecule has 7 nitrogen and oxygen atoms in total. The second kappa shape index (κ2) is 7.05. The maximum Gasteiger partial charge on any atom is 0.275 e. The molecule has 3 heterocycles. The van der Waals surface area contributed by atoms with Gasteiger partial charge < -0.3 is 5.32 Å². The summed E-state index contributed by atoms with van der Waals surface area (Å²) in [6.07, 6.45) is 5.33. The van der Waals surface area contributed by atoms with Crippen molar-refractivity contribution in [2.45, 2.75) is 0 Å². The van der Waals surface area contributed by atoms with Crippen LogP contribution in [0.1, 0.15) is 10.5 Å². The Kier molecular flexibility index (Phi) is 4.10. The molecule has 1 N–H and O–H groups in total. The van der Waals surface area contributed by atoms with Crippen LogP contribution in [-0.2, 0) is 0 Å². The van der Waals surface area contributed by atoms with E-state index in [1.54, 1.807) is 23.0 Å². The molecule has 1 amide bonds. The van der Waals surface area contributed by atoms with Crippen LogP contribution in [0.5, 0.6) is 0 Å². The molecule has 0 radical (unpaired) electrons. The molecule has 0 saturated carbocycles. The van der Waals surface area contributed by atoms with E-state index in [-0.39, 0.29) is 5.91 Å². The number of hydrogen-bond acceptors (Lipinski definition) is 4. The highest BCUT2D eigenvalue weighted by molar-refractivity contribution is 6.02. The van der Waals surface area contributed by atoms with Crippen molar-refractivity contribution in [3.05, 3.63) is 97.1 Å². The lowest BCUT2D eigenvalue weighted by Gasteiger charge is -2.08. The van der Waals surface area contributed by atoms with E-state index in [1.165, 1.54) is 0 Å². The van der Waals surface area contributed by atoms with Gasteiger partial charge in [-0.3, -0.25) is 9.20 Å². The van der Waals surface area contributed by atoms with E-state index in [4.69, 9.17) is 0 Å². The molecule has 5 aromatic rings. The van der Waals surface area contributed by atoms with Gasteiger partial charge in [0.15, 0.2) is 0 Å². The number of benzene rings is 2. The Labute approximate surface area is 166 Å². The van der Waals surface area contributed by atoms with Crippen molar-refractivity contribution in [1.82, 2.24) is 24.1 Å². The lowest BCUT2D eigenvalue weighted by molar-refractivity contribution is 0.101. The van der Waals surface area contributed by atoms with Crippen molar-refractivity contribution in [2.24, 2.45) is 0 Å². The third-order valence-electron chi connectivity index (χ3n) is 4.51. The second-order valence-electron chi connectivity index (χ2n) is 6.43. The normalized spacial score (nSPS) is 10.9. The predicted molar refractivity (Wildman–Crippen MR) is 110 cm³/mol. The monoisotopic (exact) mass is 380 g/mol. The Hall–Kier alpha value is -4.26. The molecule has 0 bridgehead atoms. The van der Waals surface area contributed by atoms with Gasteiger partial charge in [-0.05, 0) is 24.3 Å². The third kappa shape index (κ3) is 3.25. The first kappa shape index (κ1) is 16.9. The third-order valence-corrected chi connectivity index (χ3v) is 4.51. The summed E-state index contributed by atoms with van der Waals surface area (Å²) in [5.74, 6) is 0.643. The van der Waals surface area contributed by atoms with Gasteiger partial charge in [-0.15, -0.1) is 0 Å². The molecular weight excluding hydrogens is 364 g/mol. The number of carbonyl (C=O) groups excluding carboxylic acids is 1. The van der Waals surface area contributed by atoms with E-state index in [0.29, 0.717) is 17.3 Å². The number of nitrogens with zero attached hydrogens (tertiary/aromatic N) is 5. The molecule has 0 fully saturated rings. The highest BCUT2D eigenvalue weighted by Gasteiger charge is 2.15. The summed E-state index contributed by atoms with van der Waals surface area (Å²) in [6, 6.07) is 22.8. The van der Waals surface area contributed by atoms with Crippen LogP contribution in [0.25, 0.3) is 22.7 Å². The molecule has 29 heavy (non-hydrogen) atoms. The molecule has 0 saturated heterocycles. The van der Waals surface area contributed by atoms with Gasteiger partial charge in [0.25, 0.3) is 5.91 Å². The molecular formula is C22H16N6O. The summed E-state index contributed by atoms with van der Waals surface area (Å²) in [4.78, 5) is 21.8. The highest BCUT2D eigenvalue weighted by atomic mass is 16.2. The van der Waals surface area contributed by atoms with Crippen molar-refractivity contribution in [2.75, 3.05) is 5.32 Å². The fourth-order valence-electron chi connectivity index (χ4n) is 3.12. The number of carbonyl (C=O) groups is 1. The Morgan fingerprint density at radius 1 is 0.862 bits per heavy atom. The van der Waals surface area contributed by atoms with E-state index in [1.807, 2.05) is 77.5 Å². The summed E-state index contributed by atoms with van der Waals surface area (Å²) in [6.45, 7) is 0. The number of anilines is 1. The molecule has 5 rings (SSSR count). The van der Waals surface area contributed by atoms with Gasteiger partial charge >= 0.3 is 0 Å². The van der Waals surface area contributed by atoms with E-state index in [0.717, 1.165) is 16.9 Å². The summed E-state index contributed by atoms with van der Waals surface area (Å²) in [5, 5.41) is 7.09. The van der Waals surface area contributed by atoms with Gasteiger partial charge in [0.05, 0.1) is 17.6 Å². The zero-order chi connectivity index (χ0) is 19.6. The smallest absolute Gasteiger partial charge is 0.275 e. The minimum absolute atomic E-state index is 0.293. The zero-order valence-electron chi connectivity index (χ0n) is 15.3. The number of para-hydroxylation sites is 1. The fourth-order valence-corrected chi connectivity index (χ4v) is 3.12. The first-order chi connectivity index (χ1) is 14.3. The number of aromatic nitrogens is 5. The average Bonchev–Trinajstić information content (AvgIpc) is 3.42. The summed E-state index contributed by atoms with van der Waals surface area (Å²) >= 11 is 0. The van der Waals surface area contributed by atoms with Gasteiger partial charge in [-0.2, -0.15) is 10.1 Å². The largest absolute Gasteiger partial charge is 0.305 e. The summed E-state index contributed by atoms with van der Waals surface area (Å²) in [5.41, 5.74) is 3.07. The molecule has 2 aromatic carbocycles. The second-order valence-corrected chi connectivity index (χ2v) is 6.43. The number of amides is 1. The highest BCUT2D eigenvalue weighted by Crippen LogP contribution is 2.19. The van der Waals surface area contributed by atoms with Gasteiger partial charge in [0, 0.05) is 18.0 Å². The van der Waals surface area contributed by atoms with Gasteiger partial charge in [-0.1, -0.05) is 48.5 Å². The molecule has 7 heteroatoms. The number of fused-ring (bicyclic) bond motifs is 1. The topological polar surface area (TPSA) is 77.1 Å². The molecule has 0 unspecified atom stereocenters. The molecule has 0 aliphatic heterocycles. The van der Waals surface area contributed by atoms with Crippen LogP contribution < -0.4 is 5.32 Å². The molecule has 3 aromatic heterocycles. The Balaban J connectivity index is 1.42. The van der Waals surface area contributed by atoms with Gasteiger partial charge in [-0.25, -0.2) is 9.67 Å². The standard InChI is InChI=1S/C22H16N6O/c29-21(19-11-13-23-28(19)17-9-5-2-6-10-17)25-20-12-14-27-15-18(24-22(27)26-20)16-7-3-1-4-8-16/h1-15H,(H,24,25,26,29). The van der Waals surface area contributed by atoms with Crippen molar-refractivity contribution in [1.29, 1.82) is 0 Å². The van der Waals surface area contributed by atoms with Gasteiger partial charge in [0.1, 0.15) is 11.5 Å². The average molecular weight is 380 g/mol. The number of rotatable bonds is 4. The van der Waals surface area contributed by atoms with Crippen LogP contribution in [0.2, 0.25) is 0 Å². The van der Waals surface area contributed by atoms with Crippen LogP contribution in [-0.4, -0.2) is 30.1 Å². The van der Waals surface area contributed by atoms with Crippen molar-refractivity contribution >= 4 is 17.5 Å². The maximum atomic E-state index is 12.8. The lowest BCUT2D eigenvalue weighted by atomic mass is 10.2. The Morgan fingerprint density at radius 3 is 2.41 bits per heavy atom. The van der Waals surface area contributed by atoms with Crippen LogP contribution >= 0.6 is 0 Å². The molecule has 0 aliphatic rings. The maximum absolute atomic E-state index is 12.8. The minimum atomic E-state index is -0.293.